The Morgan fingerprint density at radius 1 is 1.50 bits per heavy atom. The van der Waals surface area contributed by atoms with Crippen molar-refractivity contribution < 1.29 is 10.0 Å². The molecule has 3 unspecified atom stereocenters. The van der Waals surface area contributed by atoms with Crippen molar-refractivity contribution in [3.05, 3.63) is 35.9 Å². The minimum absolute atomic E-state index is 0.0654. The van der Waals surface area contributed by atoms with Crippen molar-refractivity contribution in [2.75, 3.05) is 0 Å². The summed E-state index contributed by atoms with van der Waals surface area (Å²) in [6.45, 7) is 1.62. The summed E-state index contributed by atoms with van der Waals surface area (Å²) < 4.78 is 0. The number of amides is 1. The van der Waals surface area contributed by atoms with Crippen LogP contribution in [0.3, 0.4) is 0 Å². The highest BCUT2D eigenvalue weighted by atomic mass is 16.4. The van der Waals surface area contributed by atoms with Gasteiger partial charge in [-0.15, -0.1) is 0 Å². The van der Waals surface area contributed by atoms with Crippen LogP contribution in [0.2, 0.25) is 0 Å². The molecule has 5 nitrogen and oxygen atoms in total. The number of rotatable bonds is 4. The lowest BCUT2D eigenvalue weighted by Gasteiger charge is -2.10. The first-order valence-electron chi connectivity index (χ1n) is 5.96. The van der Waals surface area contributed by atoms with Crippen molar-refractivity contribution in [2.45, 2.75) is 25.3 Å². The van der Waals surface area contributed by atoms with Gasteiger partial charge in [-0.1, -0.05) is 35.5 Å². The second-order valence-corrected chi connectivity index (χ2v) is 4.61. The van der Waals surface area contributed by atoms with Crippen molar-refractivity contribution in [1.82, 2.24) is 5.32 Å². The van der Waals surface area contributed by atoms with Gasteiger partial charge < -0.3 is 16.3 Å². The molecule has 0 heterocycles. The third-order valence-corrected chi connectivity index (χ3v) is 3.30. The monoisotopic (exact) mass is 247 g/mol. The normalized spacial score (nSPS) is 24.4. The molecule has 0 radical (unpaired) electrons. The fourth-order valence-electron chi connectivity index (χ4n) is 1.95. The average molecular weight is 247 g/mol. The van der Waals surface area contributed by atoms with E-state index in [-0.39, 0.29) is 17.8 Å². The van der Waals surface area contributed by atoms with Gasteiger partial charge in [-0.3, -0.25) is 4.79 Å². The van der Waals surface area contributed by atoms with Crippen molar-refractivity contribution >= 4 is 11.7 Å². The lowest BCUT2D eigenvalue weighted by Crippen LogP contribution is -2.38. The molecule has 0 aromatic heterocycles. The summed E-state index contributed by atoms with van der Waals surface area (Å²) in [7, 11) is 0. The van der Waals surface area contributed by atoms with E-state index in [1.807, 2.05) is 18.2 Å². The predicted octanol–water partition coefficient (Wildman–Crippen LogP) is 1.04. The van der Waals surface area contributed by atoms with Crippen LogP contribution in [0.1, 0.15) is 24.8 Å². The lowest BCUT2D eigenvalue weighted by molar-refractivity contribution is -0.122. The van der Waals surface area contributed by atoms with Gasteiger partial charge in [0.2, 0.25) is 5.91 Å². The molecule has 96 valence electrons. The number of benzene rings is 1. The summed E-state index contributed by atoms with van der Waals surface area (Å²) in [4.78, 5) is 11.8. The van der Waals surface area contributed by atoms with Gasteiger partial charge >= 0.3 is 0 Å². The first kappa shape index (κ1) is 12.4. The van der Waals surface area contributed by atoms with Crippen LogP contribution < -0.4 is 11.1 Å². The van der Waals surface area contributed by atoms with Gasteiger partial charge in [-0.2, -0.15) is 0 Å². The Kier molecular flexibility index (Phi) is 3.50. The van der Waals surface area contributed by atoms with E-state index >= 15 is 0 Å². The van der Waals surface area contributed by atoms with Crippen molar-refractivity contribution in [1.29, 1.82) is 0 Å². The van der Waals surface area contributed by atoms with E-state index in [2.05, 4.69) is 22.6 Å². The fourth-order valence-corrected chi connectivity index (χ4v) is 1.95. The molecular formula is C13H17N3O2. The highest BCUT2D eigenvalue weighted by Gasteiger charge is 2.40. The second kappa shape index (κ2) is 5.08. The van der Waals surface area contributed by atoms with Gasteiger partial charge in [-0.25, -0.2) is 0 Å². The largest absolute Gasteiger partial charge is 0.409 e. The van der Waals surface area contributed by atoms with E-state index in [4.69, 9.17) is 10.9 Å². The van der Waals surface area contributed by atoms with E-state index in [1.54, 1.807) is 6.92 Å². The number of oxime groups is 1. The minimum atomic E-state index is -0.605. The Labute approximate surface area is 106 Å². The highest BCUT2D eigenvalue weighted by Crippen LogP contribution is 2.40. The van der Waals surface area contributed by atoms with E-state index in [0.29, 0.717) is 5.92 Å². The third-order valence-electron chi connectivity index (χ3n) is 3.30. The van der Waals surface area contributed by atoms with Crippen LogP contribution in [0.5, 0.6) is 0 Å². The molecule has 1 aliphatic carbocycles. The van der Waals surface area contributed by atoms with Crippen LogP contribution in [-0.4, -0.2) is 23.0 Å². The van der Waals surface area contributed by atoms with Crippen LogP contribution in [0, 0.1) is 5.92 Å². The van der Waals surface area contributed by atoms with Crippen LogP contribution in [-0.2, 0) is 4.79 Å². The summed E-state index contributed by atoms with van der Waals surface area (Å²) in [6, 6.07) is 10.2. The Bertz CT molecular complexity index is 459. The molecule has 1 aliphatic rings. The average Bonchev–Trinajstić information content (AvgIpc) is 3.17. The number of hydrogen-bond acceptors (Lipinski definition) is 3. The topological polar surface area (TPSA) is 87.7 Å². The summed E-state index contributed by atoms with van der Waals surface area (Å²) >= 11 is 0. The zero-order valence-electron chi connectivity index (χ0n) is 10.2. The molecule has 1 saturated carbocycles. The molecule has 0 aliphatic heterocycles. The van der Waals surface area contributed by atoms with Crippen LogP contribution in [0.25, 0.3) is 0 Å². The maximum atomic E-state index is 11.8. The zero-order valence-corrected chi connectivity index (χ0v) is 10.2. The van der Waals surface area contributed by atoms with E-state index in [0.717, 1.165) is 6.42 Å². The van der Waals surface area contributed by atoms with Crippen molar-refractivity contribution in [2.24, 2.45) is 16.8 Å². The van der Waals surface area contributed by atoms with Crippen LogP contribution in [0.4, 0.5) is 0 Å². The Morgan fingerprint density at radius 3 is 2.78 bits per heavy atom. The van der Waals surface area contributed by atoms with E-state index in [1.165, 1.54) is 5.56 Å². The molecule has 5 heteroatoms. The zero-order chi connectivity index (χ0) is 13.1. The quantitative estimate of drug-likeness (QED) is 0.321. The number of amidine groups is 1. The second-order valence-electron chi connectivity index (χ2n) is 4.61. The molecule has 1 fully saturated rings. The molecule has 0 saturated heterocycles. The standard InChI is InChI=1S/C13H17N3O2/c1-8(12(14)16-18)13(17)15-11-7-10(11)9-5-3-2-4-6-9/h2-6,8,10-11,18H,7H2,1H3,(H2,14,16)(H,15,17). The maximum absolute atomic E-state index is 11.8. The highest BCUT2D eigenvalue weighted by molar-refractivity contribution is 6.01. The molecule has 3 atom stereocenters. The first-order chi connectivity index (χ1) is 8.63. The molecule has 0 bridgehead atoms. The Morgan fingerprint density at radius 2 is 2.17 bits per heavy atom. The number of nitrogens with zero attached hydrogens (tertiary/aromatic N) is 1. The minimum Gasteiger partial charge on any atom is -0.409 e. The summed E-state index contributed by atoms with van der Waals surface area (Å²) in [5.41, 5.74) is 6.63. The van der Waals surface area contributed by atoms with Gasteiger partial charge in [0.15, 0.2) is 5.84 Å². The van der Waals surface area contributed by atoms with E-state index < -0.39 is 5.92 Å². The number of carbonyl (C=O) groups is 1. The number of hydrogen-bond donors (Lipinski definition) is 3. The van der Waals surface area contributed by atoms with Gasteiger partial charge in [0.25, 0.3) is 0 Å². The lowest BCUT2D eigenvalue weighted by atomic mass is 10.1. The number of nitrogens with one attached hydrogen (secondary N) is 1. The molecule has 18 heavy (non-hydrogen) atoms. The first-order valence-corrected chi connectivity index (χ1v) is 5.96. The third kappa shape index (κ3) is 2.61. The summed E-state index contributed by atoms with van der Waals surface area (Å²) in [5.74, 6) is -0.486. The summed E-state index contributed by atoms with van der Waals surface area (Å²) in [5, 5.41) is 14.3. The summed E-state index contributed by atoms with van der Waals surface area (Å²) in [6.07, 6.45) is 0.943. The van der Waals surface area contributed by atoms with E-state index in [9.17, 15) is 4.79 Å². The molecule has 2 rings (SSSR count). The van der Waals surface area contributed by atoms with Gasteiger partial charge in [0.05, 0.1) is 5.92 Å². The molecule has 1 aromatic carbocycles. The Hall–Kier alpha value is -2.04. The maximum Gasteiger partial charge on any atom is 0.230 e. The number of carbonyl (C=O) groups excluding carboxylic acids is 1. The fraction of sp³-hybridized carbons (Fsp3) is 0.385. The molecule has 1 amide bonds. The molecule has 1 aromatic rings. The van der Waals surface area contributed by atoms with Gasteiger partial charge in [0, 0.05) is 12.0 Å². The van der Waals surface area contributed by atoms with Crippen LogP contribution in [0.15, 0.2) is 35.5 Å². The Balaban J connectivity index is 1.89. The molecular weight excluding hydrogens is 230 g/mol. The predicted molar refractivity (Wildman–Crippen MR) is 68.3 cm³/mol. The van der Waals surface area contributed by atoms with Crippen molar-refractivity contribution in [3.63, 3.8) is 0 Å². The SMILES string of the molecule is CC(C(=O)NC1CC1c1ccccc1)/C(N)=N/O. The van der Waals surface area contributed by atoms with Gasteiger partial charge in [0.1, 0.15) is 0 Å². The smallest absolute Gasteiger partial charge is 0.230 e. The van der Waals surface area contributed by atoms with Crippen molar-refractivity contribution in [3.8, 4) is 0 Å². The molecule has 0 spiro atoms. The van der Waals surface area contributed by atoms with Crippen LogP contribution >= 0.6 is 0 Å². The van der Waals surface area contributed by atoms with Gasteiger partial charge in [-0.05, 0) is 18.9 Å². The number of nitrogens with two attached hydrogens (primary N) is 1. The molecule has 4 N–H and O–H groups in total.